The lowest BCUT2D eigenvalue weighted by Crippen LogP contribution is -2.30. The molecule has 0 bridgehead atoms. The molecule has 2 atom stereocenters. The first-order valence-corrected chi connectivity index (χ1v) is 7.08. The number of unbranched alkanes of at least 4 members (excludes halogenated alkanes) is 2. The minimum atomic E-state index is 0.763. The first-order chi connectivity index (χ1) is 7.37. The molecular formula is C14H27N. The molecule has 0 spiro atoms. The molecule has 1 heterocycles. The highest BCUT2D eigenvalue weighted by Crippen LogP contribution is 2.50. The van der Waals surface area contributed by atoms with Crippen LogP contribution in [-0.4, -0.2) is 13.1 Å². The predicted molar refractivity (Wildman–Crippen MR) is 66.0 cm³/mol. The normalized spacial score (nSPS) is 36.2. The van der Waals surface area contributed by atoms with Crippen molar-refractivity contribution >= 4 is 0 Å². The highest BCUT2D eigenvalue weighted by Gasteiger charge is 2.42. The maximum absolute atomic E-state index is 3.63. The van der Waals surface area contributed by atoms with Crippen LogP contribution in [0.1, 0.15) is 64.7 Å². The average Bonchev–Trinajstić information content (AvgIpc) is 2.53. The van der Waals surface area contributed by atoms with Gasteiger partial charge in [0.15, 0.2) is 0 Å². The zero-order valence-corrected chi connectivity index (χ0v) is 10.4. The van der Waals surface area contributed by atoms with E-state index in [4.69, 9.17) is 0 Å². The van der Waals surface area contributed by atoms with Gasteiger partial charge in [0.1, 0.15) is 0 Å². The molecule has 1 saturated heterocycles. The molecule has 0 amide bonds. The third-order valence-electron chi connectivity index (χ3n) is 4.79. The van der Waals surface area contributed by atoms with Crippen molar-refractivity contribution in [1.29, 1.82) is 0 Å². The van der Waals surface area contributed by atoms with Crippen LogP contribution in [0, 0.1) is 11.3 Å². The standard InChI is InChI=1S/C14H27N/c1-2-3-4-8-14-9-5-7-13(14)12-15-11-6-10-14/h13,15H,2-12H2,1H3/t13-,14-/m0/s1. The summed E-state index contributed by atoms with van der Waals surface area (Å²) in [6.45, 7) is 4.90. The van der Waals surface area contributed by atoms with Gasteiger partial charge in [0, 0.05) is 0 Å². The Kier molecular flexibility index (Phi) is 4.07. The minimum Gasteiger partial charge on any atom is -0.316 e. The fraction of sp³-hybridized carbons (Fsp3) is 1.00. The van der Waals surface area contributed by atoms with E-state index in [9.17, 15) is 0 Å². The molecule has 0 aromatic heterocycles. The van der Waals surface area contributed by atoms with Gasteiger partial charge in [-0.05, 0) is 56.5 Å². The van der Waals surface area contributed by atoms with Crippen LogP contribution >= 0.6 is 0 Å². The molecule has 1 saturated carbocycles. The number of rotatable bonds is 4. The number of nitrogens with one attached hydrogen (secondary N) is 1. The van der Waals surface area contributed by atoms with Crippen LogP contribution < -0.4 is 5.32 Å². The molecule has 0 radical (unpaired) electrons. The third-order valence-corrected chi connectivity index (χ3v) is 4.79. The topological polar surface area (TPSA) is 12.0 Å². The van der Waals surface area contributed by atoms with E-state index >= 15 is 0 Å². The molecular weight excluding hydrogens is 182 g/mol. The smallest absolute Gasteiger partial charge is 0.00152 e. The molecule has 1 heteroatoms. The molecule has 0 aromatic rings. The molecule has 88 valence electrons. The largest absolute Gasteiger partial charge is 0.316 e. The van der Waals surface area contributed by atoms with E-state index in [0.717, 1.165) is 11.3 Å². The van der Waals surface area contributed by atoms with Gasteiger partial charge in [0.25, 0.3) is 0 Å². The Balaban J connectivity index is 1.93. The molecule has 1 aliphatic carbocycles. The van der Waals surface area contributed by atoms with E-state index in [-0.39, 0.29) is 0 Å². The van der Waals surface area contributed by atoms with Crippen molar-refractivity contribution in [2.75, 3.05) is 13.1 Å². The van der Waals surface area contributed by atoms with Gasteiger partial charge in [-0.3, -0.25) is 0 Å². The first kappa shape index (κ1) is 11.4. The van der Waals surface area contributed by atoms with Crippen LogP contribution in [-0.2, 0) is 0 Å². The van der Waals surface area contributed by atoms with Crippen LogP contribution in [0.15, 0.2) is 0 Å². The van der Waals surface area contributed by atoms with Crippen molar-refractivity contribution in [3.8, 4) is 0 Å². The zero-order chi connectivity index (χ0) is 10.6. The molecule has 15 heavy (non-hydrogen) atoms. The van der Waals surface area contributed by atoms with Crippen molar-refractivity contribution in [1.82, 2.24) is 5.32 Å². The fourth-order valence-electron chi connectivity index (χ4n) is 3.88. The van der Waals surface area contributed by atoms with Gasteiger partial charge in [0.05, 0.1) is 0 Å². The SMILES string of the molecule is CCCCC[C@]12CCCNC[C@@H]1CCC2. The maximum atomic E-state index is 3.63. The van der Waals surface area contributed by atoms with Gasteiger partial charge in [-0.1, -0.05) is 32.6 Å². The molecule has 2 fully saturated rings. The van der Waals surface area contributed by atoms with Gasteiger partial charge in [-0.25, -0.2) is 0 Å². The van der Waals surface area contributed by atoms with Crippen molar-refractivity contribution in [2.24, 2.45) is 11.3 Å². The summed E-state index contributed by atoms with van der Waals surface area (Å²) in [7, 11) is 0. The van der Waals surface area contributed by atoms with Crippen LogP contribution in [0.2, 0.25) is 0 Å². The van der Waals surface area contributed by atoms with E-state index in [1.54, 1.807) is 0 Å². The first-order valence-electron chi connectivity index (χ1n) is 7.08. The van der Waals surface area contributed by atoms with Gasteiger partial charge < -0.3 is 5.32 Å². The second-order valence-electron chi connectivity index (χ2n) is 5.72. The van der Waals surface area contributed by atoms with Crippen LogP contribution in [0.5, 0.6) is 0 Å². The summed E-state index contributed by atoms with van der Waals surface area (Å²) in [5.74, 6) is 1.01. The summed E-state index contributed by atoms with van der Waals surface area (Å²) in [5, 5.41) is 3.63. The van der Waals surface area contributed by atoms with E-state index in [1.807, 2.05) is 0 Å². The lowest BCUT2D eigenvalue weighted by atomic mass is 9.71. The van der Waals surface area contributed by atoms with Gasteiger partial charge in [-0.2, -0.15) is 0 Å². The lowest BCUT2D eigenvalue weighted by molar-refractivity contribution is 0.169. The molecule has 1 nitrogen and oxygen atoms in total. The van der Waals surface area contributed by atoms with Crippen LogP contribution in [0.3, 0.4) is 0 Å². The van der Waals surface area contributed by atoms with Gasteiger partial charge in [-0.15, -0.1) is 0 Å². The van der Waals surface area contributed by atoms with Crippen molar-refractivity contribution in [3.63, 3.8) is 0 Å². The average molecular weight is 209 g/mol. The van der Waals surface area contributed by atoms with E-state index in [1.165, 1.54) is 70.9 Å². The lowest BCUT2D eigenvalue weighted by Gasteiger charge is -2.34. The molecule has 1 N–H and O–H groups in total. The second kappa shape index (κ2) is 5.34. The number of hydrogen-bond acceptors (Lipinski definition) is 1. The summed E-state index contributed by atoms with van der Waals surface area (Å²) >= 11 is 0. The summed E-state index contributed by atoms with van der Waals surface area (Å²) in [4.78, 5) is 0. The van der Waals surface area contributed by atoms with E-state index in [2.05, 4.69) is 12.2 Å². The van der Waals surface area contributed by atoms with E-state index < -0.39 is 0 Å². The molecule has 0 unspecified atom stereocenters. The van der Waals surface area contributed by atoms with Crippen molar-refractivity contribution in [2.45, 2.75) is 64.7 Å². The van der Waals surface area contributed by atoms with Crippen molar-refractivity contribution < 1.29 is 0 Å². The zero-order valence-electron chi connectivity index (χ0n) is 10.4. The monoisotopic (exact) mass is 209 g/mol. The molecule has 2 aliphatic rings. The summed E-state index contributed by atoms with van der Waals surface area (Å²) in [6.07, 6.45) is 13.3. The fourth-order valence-corrected chi connectivity index (χ4v) is 3.88. The molecule has 1 aliphatic heterocycles. The van der Waals surface area contributed by atoms with Crippen LogP contribution in [0.4, 0.5) is 0 Å². The Hall–Kier alpha value is -0.0400. The highest BCUT2D eigenvalue weighted by atomic mass is 14.9. The predicted octanol–water partition coefficient (Wildman–Crippen LogP) is 3.74. The number of hydrogen-bond donors (Lipinski definition) is 1. The molecule has 2 rings (SSSR count). The Morgan fingerprint density at radius 2 is 2.07 bits per heavy atom. The Morgan fingerprint density at radius 1 is 1.20 bits per heavy atom. The van der Waals surface area contributed by atoms with E-state index in [0.29, 0.717) is 0 Å². The summed E-state index contributed by atoms with van der Waals surface area (Å²) < 4.78 is 0. The second-order valence-corrected chi connectivity index (χ2v) is 5.72. The maximum Gasteiger partial charge on any atom is -0.00152 e. The minimum absolute atomic E-state index is 0.763. The summed E-state index contributed by atoms with van der Waals surface area (Å²) in [6, 6.07) is 0. The highest BCUT2D eigenvalue weighted by molar-refractivity contribution is 4.94. The van der Waals surface area contributed by atoms with Crippen LogP contribution in [0.25, 0.3) is 0 Å². The van der Waals surface area contributed by atoms with Crippen molar-refractivity contribution in [3.05, 3.63) is 0 Å². The van der Waals surface area contributed by atoms with Gasteiger partial charge >= 0.3 is 0 Å². The Labute approximate surface area is 95.0 Å². The quantitative estimate of drug-likeness (QED) is 0.696. The molecule has 0 aromatic carbocycles. The third kappa shape index (κ3) is 2.55. The number of fused-ring (bicyclic) bond motifs is 1. The summed E-state index contributed by atoms with van der Waals surface area (Å²) in [5.41, 5.74) is 0.763. The van der Waals surface area contributed by atoms with Gasteiger partial charge in [0.2, 0.25) is 0 Å². The Bertz CT molecular complexity index is 190. The Morgan fingerprint density at radius 3 is 2.93 bits per heavy atom.